The Hall–Kier alpha value is 0.133. The molecule has 1 aliphatic rings. The summed E-state index contributed by atoms with van der Waals surface area (Å²) in [5, 5.41) is 0. The van der Waals surface area contributed by atoms with E-state index in [1.165, 1.54) is 24.0 Å². The topological polar surface area (TPSA) is 0 Å². The van der Waals surface area contributed by atoms with Crippen molar-refractivity contribution < 1.29 is 17.3 Å². The van der Waals surface area contributed by atoms with E-state index < -0.39 is 0 Å². The fraction of sp³-hybridized carbons (Fsp3) is 0.222. The van der Waals surface area contributed by atoms with Crippen LogP contribution in [0.4, 0.5) is 0 Å². The van der Waals surface area contributed by atoms with E-state index in [-0.39, 0.29) is 0 Å². The molecule has 0 radical (unpaired) electrons. The first-order valence-electron chi connectivity index (χ1n) is 3.62. The first-order chi connectivity index (χ1) is 5.47. The van der Waals surface area contributed by atoms with E-state index in [2.05, 4.69) is 30.7 Å². The van der Waals surface area contributed by atoms with Crippen LogP contribution in [0.3, 0.4) is 0 Å². The molecule has 2 rings (SSSR count). The van der Waals surface area contributed by atoms with Crippen LogP contribution >= 0.6 is 9.69 Å². The second-order valence-corrected chi connectivity index (χ2v) is 2.47. The van der Waals surface area contributed by atoms with Crippen molar-refractivity contribution in [3.63, 3.8) is 0 Å². The molecule has 0 aromatic heterocycles. The normalized spacial score (nSPS) is 13.4. The molecule has 2 heteroatoms. The average molecular weight is 218 g/mol. The molecule has 1 aliphatic carbocycles. The quantitative estimate of drug-likeness (QED) is 0.463. The Morgan fingerprint density at radius 3 is 2.00 bits per heavy atom. The number of hydrogen-bond acceptors (Lipinski definition) is 0. The summed E-state index contributed by atoms with van der Waals surface area (Å²) in [6, 6.07) is 8.63. The van der Waals surface area contributed by atoms with E-state index in [0.29, 0.717) is 0 Å². The zero-order valence-corrected chi connectivity index (χ0v) is 10.1. The van der Waals surface area contributed by atoms with Gasteiger partial charge in [0.15, 0.2) is 0 Å². The maximum absolute atomic E-state index is 4.76. The third-order valence-corrected chi connectivity index (χ3v) is 1.85. The molecule has 0 N–H and O–H groups in total. The molecule has 54 valence electrons. The molecular weight excluding hydrogens is 209 g/mol. The van der Waals surface area contributed by atoms with Crippen molar-refractivity contribution in [2.24, 2.45) is 0 Å². The van der Waals surface area contributed by atoms with Crippen LogP contribution in [0, 0.1) is 6.42 Å². The van der Waals surface area contributed by atoms with Crippen molar-refractivity contribution in [1.29, 1.82) is 0 Å². The van der Waals surface area contributed by atoms with Crippen LogP contribution in [0.25, 0.3) is 0 Å². The minimum atomic E-state index is 0.847. The van der Waals surface area contributed by atoms with Gasteiger partial charge < -0.3 is 6.42 Å². The molecule has 1 aromatic carbocycles. The first kappa shape index (κ1) is 9.22. The number of hydrogen-bond donors (Lipinski definition) is 0. The molecule has 0 saturated carbocycles. The van der Waals surface area contributed by atoms with Crippen molar-refractivity contribution in [1.82, 2.24) is 0 Å². The Balaban J connectivity index is 0.000000281. The molecule has 0 heterocycles. The fourth-order valence-electron chi connectivity index (χ4n) is 1.34. The molecule has 11 heavy (non-hydrogen) atoms. The molecule has 0 spiro atoms. The van der Waals surface area contributed by atoms with Crippen LogP contribution in [0.2, 0.25) is 0 Å². The minimum absolute atomic E-state index is 0.847. The van der Waals surface area contributed by atoms with Crippen LogP contribution < -0.4 is 0 Å². The van der Waals surface area contributed by atoms with Gasteiger partial charge in [0.2, 0.25) is 0 Å². The van der Waals surface area contributed by atoms with Crippen molar-refractivity contribution in [3.05, 3.63) is 41.8 Å². The van der Waals surface area contributed by atoms with Crippen LogP contribution in [0.1, 0.15) is 11.1 Å². The van der Waals surface area contributed by atoms with Gasteiger partial charge in [0.25, 0.3) is 0 Å². The van der Waals surface area contributed by atoms with E-state index in [0.717, 1.165) is 17.3 Å². The van der Waals surface area contributed by atoms with Crippen molar-refractivity contribution >= 4 is 9.69 Å². The molecule has 1 aromatic rings. The summed E-state index contributed by atoms with van der Waals surface area (Å²) in [5.41, 5.74) is 3.02. The average Bonchev–Trinajstić information content (AvgIpc) is 2.55. The number of halogens is 1. The predicted octanol–water partition coefficient (Wildman–Crippen LogP) is 2.68. The molecule has 0 atom stereocenters. The zero-order valence-electron chi connectivity index (χ0n) is 6.39. The standard InChI is InChI=1S/C9H9.ClH.Zn/c1-2-5-9-7-3-6-8(9)4-1;;/h1-5H,6-7H2;1H;/q-1;;+2/p-1. The number of rotatable bonds is 0. The number of benzene rings is 1. The summed E-state index contributed by atoms with van der Waals surface area (Å²) >= 11 is 0.847. The van der Waals surface area contributed by atoms with Gasteiger partial charge in [0, 0.05) is 0 Å². The zero-order chi connectivity index (χ0) is 8.10. The summed E-state index contributed by atoms with van der Waals surface area (Å²) in [6.07, 6.45) is 4.68. The monoisotopic (exact) mass is 216 g/mol. The Morgan fingerprint density at radius 1 is 1.09 bits per heavy atom. The van der Waals surface area contributed by atoms with Gasteiger partial charge in [-0.3, -0.25) is 0 Å². The summed E-state index contributed by atoms with van der Waals surface area (Å²) in [4.78, 5) is 0. The van der Waals surface area contributed by atoms with E-state index in [1.807, 2.05) is 0 Å². The first-order valence-corrected chi connectivity index (χ1v) is 7.52. The van der Waals surface area contributed by atoms with Gasteiger partial charge in [-0.15, -0.1) is 0 Å². The maximum atomic E-state index is 4.76. The largest absolute Gasteiger partial charge is 0.320 e. The van der Waals surface area contributed by atoms with Crippen LogP contribution in [-0.4, -0.2) is 0 Å². The molecule has 0 bridgehead atoms. The Labute approximate surface area is 81.7 Å². The smallest absolute Gasteiger partial charge is 0.0615 e. The molecule has 0 saturated heterocycles. The molecule has 0 unspecified atom stereocenters. The fourth-order valence-corrected chi connectivity index (χ4v) is 1.34. The SMILES string of the molecule is [Cl][Zn+].c1ccc2c(c1)C[CH-]C2. The van der Waals surface area contributed by atoms with Gasteiger partial charge in [0.05, 0.1) is 0 Å². The third kappa shape index (κ3) is 2.28. The van der Waals surface area contributed by atoms with E-state index in [1.54, 1.807) is 0 Å². The van der Waals surface area contributed by atoms with Gasteiger partial charge >= 0.3 is 27.0 Å². The van der Waals surface area contributed by atoms with E-state index in [4.69, 9.17) is 9.69 Å². The van der Waals surface area contributed by atoms with Crippen LogP contribution in [0.15, 0.2) is 24.3 Å². The third-order valence-electron chi connectivity index (χ3n) is 1.85. The van der Waals surface area contributed by atoms with Gasteiger partial charge in [-0.2, -0.15) is 12.8 Å². The Bertz CT molecular complexity index is 200. The van der Waals surface area contributed by atoms with Gasteiger partial charge in [0.1, 0.15) is 0 Å². The number of fused-ring (bicyclic) bond motifs is 1. The van der Waals surface area contributed by atoms with Crippen molar-refractivity contribution in [2.75, 3.05) is 0 Å². The van der Waals surface area contributed by atoms with E-state index in [9.17, 15) is 0 Å². The summed E-state index contributed by atoms with van der Waals surface area (Å²) < 4.78 is 0. The second-order valence-electron chi connectivity index (χ2n) is 2.47. The summed E-state index contributed by atoms with van der Waals surface area (Å²) in [5.74, 6) is 0. The maximum Gasteiger partial charge on any atom is -0.0615 e. The molecule has 0 amide bonds. The van der Waals surface area contributed by atoms with Gasteiger partial charge in [-0.25, -0.2) is 0 Å². The minimum Gasteiger partial charge on any atom is -0.320 e. The molecular formula is C9H9ClZn. The predicted molar refractivity (Wildman–Crippen MR) is 44.0 cm³/mol. The summed E-state index contributed by atoms with van der Waals surface area (Å²) in [7, 11) is 4.76. The van der Waals surface area contributed by atoms with Crippen LogP contribution in [-0.2, 0) is 30.2 Å². The Kier molecular flexibility index (Phi) is 4.11. The molecule has 0 nitrogen and oxygen atoms in total. The summed E-state index contributed by atoms with van der Waals surface area (Å²) in [6.45, 7) is 0. The van der Waals surface area contributed by atoms with Crippen molar-refractivity contribution in [3.8, 4) is 0 Å². The second kappa shape index (κ2) is 4.90. The van der Waals surface area contributed by atoms with Crippen LogP contribution in [0.5, 0.6) is 0 Å². The van der Waals surface area contributed by atoms with Gasteiger partial charge in [-0.05, 0) is 0 Å². The van der Waals surface area contributed by atoms with Gasteiger partial charge in [-0.1, -0.05) is 35.4 Å². The Morgan fingerprint density at radius 2 is 1.55 bits per heavy atom. The van der Waals surface area contributed by atoms with E-state index >= 15 is 0 Å². The van der Waals surface area contributed by atoms with Crippen molar-refractivity contribution in [2.45, 2.75) is 12.8 Å². The molecule has 0 fully saturated rings. The molecule has 0 aliphatic heterocycles.